The number of hydrogen-bond acceptors (Lipinski definition) is 5. The number of nitrogens with one attached hydrogen (secondary N) is 3. The van der Waals surface area contributed by atoms with Gasteiger partial charge in [-0.2, -0.15) is 4.31 Å². The van der Waals surface area contributed by atoms with Crippen molar-refractivity contribution >= 4 is 50.9 Å². The Morgan fingerprint density at radius 2 is 1.55 bits per heavy atom. The molecule has 9 nitrogen and oxygen atoms in total. The second kappa shape index (κ2) is 11.2. The van der Waals surface area contributed by atoms with E-state index in [4.69, 9.17) is 27.6 Å². The van der Waals surface area contributed by atoms with Gasteiger partial charge >= 0.3 is 6.03 Å². The Balaban J connectivity index is 1.59. The summed E-state index contributed by atoms with van der Waals surface area (Å²) < 4.78 is 32.6. The molecule has 3 rings (SSSR count). The molecule has 33 heavy (non-hydrogen) atoms. The van der Waals surface area contributed by atoms with Gasteiger partial charge in [0.25, 0.3) is 0 Å². The van der Waals surface area contributed by atoms with E-state index in [0.717, 1.165) is 4.31 Å². The molecule has 0 atom stereocenters. The molecule has 2 aromatic carbocycles. The second-order valence-electron chi connectivity index (χ2n) is 6.76. The van der Waals surface area contributed by atoms with Crippen LogP contribution in [0.2, 0.25) is 10.0 Å². The molecule has 0 bridgehead atoms. The van der Waals surface area contributed by atoms with Crippen molar-refractivity contribution in [2.24, 2.45) is 0 Å². The monoisotopic (exact) mass is 510 g/mol. The minimum atomic E-state index is -3.94. The highest BCUT2D eigenvalue weighted by Gasteiger charge is 2.26. The largest absolute Gasteiger partial charge is 0.468 e. The van der Waals surface area contributed by atoms with Gasteiger partial charge in [0.2, 0.25) is 15.9 Å². The molecule has 0 spiro atoms. The van der Waals surface area contributed by atoms with Crippen LogP contribution >= 0.6 is 23.2 Å². The Morgan fingerprint density at radius 3 is 2.15 bits per heavy atom. The number of hydrogen-bond donors (Lipinski definition) is 3. The highest BCUT2D eigenvalue weighted by atomic mass is 35.5. The molecule has 3 N–H and O–H groups in total. The van der Waals surface area contributed by atoms with Crippen LogP contribution in [0.3, 0.4) is 0 Å². The lowest BCUT2D eigenvalue weighted by molar-refractivity contribution is -0.121. The number of anilines is 1. The van der Waals surface area contributed by atoms with E-state index in [-0.39, 0.29) is 24.4 Å². The van der Waals surface area contributed by atoms with Crippen molar-refractivity contribution in [3.05, 3.63) is 82.7 Å². The maximum absolute atomic E-state index is 13.1. The van der Waals surface area contributed by atoms with Gasteiger partial charge in [-0.15, -0.1) is 0 Å². The first-order chi connectivity index (χ1) is 15.7. The smallest absolute Gasteiger partial charge is 0.337 e. The number of amides is 3. The molecule has 3 amide bonds. The van der Waals surface area contributed by atoms with Gasteiger partial charge in [-0.1, -0.05) is 23.2 Å². The van der Waals surface area contributed by atoms with E-state index in [9.17, 15) is 18.0 Å². The fourth-order valence-electron chi connectivity index (χ4n) is 2.73. The number of carbonyl (C=O) groups excluding carboxylic acids is 2. The first-order valence-electron chi connectivity index (χ1n) is 9.63. The third-order valence-corrected chi connectivity index (χ3v) is 6.73. The van der Waals surface area contributed by atoms with E-state index in [1.807, 2.05) is 0 Å². The lowest BCUT2D eigenvalue weighted by atomic mass is 10.3. The second-order valence-corrected chi connectivity index (χ2v) is 9.57. The van der Waals surface area contributed by atoms with Crippen LogP contribution in [0.5, 0.6) is 0 Å². The molecular weight excluding hydrogens is 491 g/mol. The topological polar surface area (TPSA) is 121 Å². The van der Waals surface area contributed by atoms with E-state index in [2.05, 4.69) is 16.2 Å². The molecular formula is C21H20Cl2N4O5S. The quantitative estimate of drug-likeness (QED) is 0.395. The summed E-state index contributed by atoms with van der Waals surface area (Å²) in [5.74, 6) is -0.176. The van der Waals surface area contributed by atoms with Crippen LogP contribution in [-0.2, 0) is 21.4 Å². The Hall–Kier alpha value is -3.05. The molecule has 12 heteroatoms. The first kappa shape index (κ1) is 24.6. The number of nitrogens with zero attached hydrogens (tertiary/aromatic N) is 1. The fourth-order valence-corrected chi connectivity index (χ4v) is 4.39. The van der Waals surface area contributed by atoms with Crippen molar-refractivity contribution in [2.75, 3.05) is 11.9 Å². The minimum absolute atomic E-state index is 0.0272. The van der Waals surface area contributed by atoms with Crippen molar-refractivity contribution < 1.29 is 22.4 Å². The Kier molecular flexibility index (Phi) is 8.34. The molecule has 0 aliphatic heterocycles. The Morgan fingerprint density at radius 1 is 0.909 bits per heavy atom. The van der Waals surface area contributed by atoms with Crippen molar-refractivity contribution in [1.29, 1.82) is 0 Å². The average Bonchev–Trinajstić information content (AvgIpc) is 3.30. The van der Waals surface area contributed by atoms with Crippen molar-refractivity contribution in [2.45, 2.75) is 17.9 Å². The molecule has 1 aromatic heterocycles. The minimum Gasteiger partial charge on any atom is -0.468 e. The van der Waals surface area contributed by atoms with Gasteiger partial charge in [0.15, 0.2) is 0 Å². The summed E-state index contributed by atoms with van der Waals surface area (Å²) in [5.41, 5.74) is 4.92. The Labute approximate surface area is 200 Å². The van der Waals surface area contributed by atoms with Crippen LogP contribution < -0.4 is 16.2 Å². The lowest BCUT2D eigenvalue weighted by Gasteiger charge is -2.21. The summed E-state index contributed by atoms with van der Waals surface area (Å²) in [6, 6.07) is 14.7. The number of hydrazine groups is 1. The molecule has 1 heterocycles. The summed E-state index contributed by atoms with van der Waals surface area (Å²) in [5, 5.41) is 3.43. The number of urea groups is 1. The third-order valence-electron chi connectivity index (χ3n) is 4.37. The highest BCUT2D eigenvalue weighted by molar-refractivity contribution is 7.89. The van der Waals surface area contributed by atoms with E-state index < -0.39 is 22.0 Å². The van der Waals surface area contributed by atoms with Crippen LogP contribution in [0, 0.1) is 0 Å². The zero-order chi connectivity index (χ0) is 23.8. The fraction of sp³-hybridized carbons (Fsp3) is 0.143. The molecule has 0 radical (unpaired) electrons. The predicted octanol–water partition coefficient (Wildman–Crippen LogP) is 4.02. The molecule has 0 unspecified atom stereocenters. The predicted molar refractivity (Wildman–Crippen MR) is 124 cm³/mol. The normalized spacial score (nSPS) is 11.2. The van der Waals surface area contributed by atoms with Gasteiger partial charge in [0.05, 0.1) is 17.7 Å². The maximum atomic E-state index is 13.1. The zero-order valence-electron chi connectivity index (χ0n) is 17.1. The molecule has 0 saturated carbocycles. The number of furan rings is 1. The van der Waals surface area contributed by atoms with E-state index in [1.165, 1.54) is 30.5 Å². The average molecular weight is 511 g/mol. The van der Waals surface area contributed by atoms with Crippen LogP contribution in [0.4, 0.5) is 10.5 Å². The molecule has 174 valence electrons. The van der Waals surface area contributed by atoms with Gasteiger partial charge < -0.3 is 9.73 Å². The summed E-state index contributed by atoms with van der Waals surface area (Å²) in [7, 11) is -3.94. The van der Waals surface area contributed by atoms with E-state index in [1.54, 1.807) is 36.4 Å². The van der Waals surface area contributed by atoms with Crippen LogP contribution in [-0.4, -0.2) is 31.2 Å². The standard InChI is InChI=1S/C21H20Cl2N4O5S/c22-15-3-7-17(8-4-15)24-21(29)26-25-20(28)11-12-27(14-18-2-1-13-32-18)33(30,31)19-9-5-16(23)6-10-19/h1-10,13H,11-12,14H2,(H,25,28)(H2,24,26,29). The van der Waals surface area contributed by atoms with Gasteiger partial charge in [-0.3, -0.25) is 10.2 Å². The molecule has 0 fully saturated rings. The molecule has 0 aliphatic rings. The van der Waals surface area contributed by atoms with Crippen molar-refractivity contribution in [3.63, 3.8) is 0 Å². The lowest BCUT2D eigenvalue weighted by Crippen LogP contribution is -2.45. The highest BCUT2D eigenvalue weighted by Crippen LogP contribution is 2.21. The van der Waals surface area contributed by atoms with Gasteiger partial charge in [0, 0.05) is 28.7 Å². The maximum Gasteiger partial charge on any atom is 0.337 e. The van der Waals surface area contributed by atoms with Crippen LogP contribution in [0.15, 0.2) is 76.2 Å². The number of carbonyl (C=O) groups is 2. The summed E-state index contributed by atoms with van der Waals surface area (Å²) in [4.78, 5) is 24.2. The summed E-state index contributed by atoms with van der Waals surface area (Å²) in [6.07, 6.45) is 1.22. The number of halogens is 2. The summed E-state index contributed by atoms with van der Waals surface area (Å²) in [6.45, 7) is -0.228. The summed E-state index contributed by atoms with van der Waals surface area (Å²) >= 11 is 11.6. The van der Waals surface area contributed by atoms with Crippen molar-refractivity contribution in [3.8, 4) is 0 Å². The van der Waals surface area contributed by atoms with Crippen molar-refractivity contribution in [1.82, 2.24) is 15.2 Å². The Bertz CT molecular complexity index is 1180. The molecule has 0 saturated heterocycles. The zero-order valence-corrected chi connectivity index (χ0v) is 19.5. The molecule has 3 aromatic rings. The number of sulfonamides is 1. The first-order valence-corrected chi connectivity index (χ1v) is 11.8. The SMILES string of the molecule is O=C(CCN(Cc1ccco1)S(=O)(=O)c1ccc(Cl)cc1)NNC(=O)Nc1ccc(Cl)cc1. The van der Waals surface area contributed by atoms with Gasteiger partial charge in [-0.25, -0.2) is 18.6 Å². The number of benzene rings is 2. The molecule has 0 aliphatic carbocycles. The van der Waals surface area contributed by atoms with Crippen LogP contribution in [0.1, 0.15) is 12.2 Å². The van der Waals surface area contributed by atoms with Gasteiger partial charge in [0.1, 0.15) is 5.76 Å². The number of rotatable bonds is 8. The third kappa shape index (κ3) is 7.22. The van der Waals surface area contributed by atoms with Gasteiger partial charge in [-0.05, 0) is 60.7 Å². The van der Waals surface area contributed by atoms with E-state index in [0.29, 0.717) is 21.5 Å². The van der Waals surface area contributed by atoms with Crippen LogP contribution in [0.25, 0.3) is 0 Å². The van der Waals surface area contributed by atoms with E-state index >= 15 is 0 Å².